The van der Waals surface area contributed by atoms with Crippen molar-refractivity contribution in [3.05, 3.63) is 24.0 Å². The number of hydrogen-bond acceptors (Lipinski definition) is 6. The Morgan fingerprint density at radius 2 is 2.12 bits per heavy atom. The largest absolute Gasteiger partial charge is 0.440 e. The SMILES string of the molecule is O=C(N[C@@H]1C[C@H]2CCN(C2)C1)c1cc2oc(N3CCSCC3)cc2cn1. The third kappa shape index (κ3) is 3.18. The number of fused-ring (bicyclic) bond motifs is 3. The normalized spacial score (nSPS) is 28.5. The minimum Gasteiger partial charge on any atom is -0.440 e. The topological polar surface area (TPSA) is 61.6 Å². The minimum atomic E-state index is -0.0910. The van der Waals surface area contributed by atoms with E-state index in [1.165, 1.54) is 19.5 Å². The summed E-state index contributed by atoms with van der Waals surface area (Å²) in [4.78, 5) is 21.7. The monoisotopic (exact) mass is 372 g/mol. The number of piperidine rings is 1. The van der Waals surface area contributed by atoms with Crippen LogP contribution in [0.1, 0.15) is 23.3 Å². The van der Waals surface area contributed by atoms with E-state index in [0.717, 1.165) is 60.3 Å². The van der Waals surface area contributed by atoms with Gasteiger partial charge in [0.2, 0.25) is 0 Å². The molecule has 0 saturated carbocycles. The highest BCUT2D eigenvalue weighted by Crippen LogP contribution is 2.29. The average molecular weight is 372 g/mol. The highest BCUT2D eigenvalue weighted by molar-refractivity contribution is 7.99. The summed E-state index contributed by atoms with van der Waals surface area (Å²) in [5.74, 6) is 3.79. The maximum Gasteiger partial charge on any atom is 0.270 e. The van der Waals surface area contributed by atoms with Crippen molar-refractivity contribution in [3.63, 3.8) is 0 Å². The lowest BCUT2D eigenvalue weighted by Gasteiger charge is -2.30. The number of aromatic nitrogens is 1. The minimum absolute atomic E-state index is 0.0910. The molecule has 3 atom stereocenters. The first-order chi connectivity index (χ1) is 12.7. The van der Waals surface area contributed by atoms with Gasteiger partial charge in [-0.3, -0.25) is 9.78 Å². The Morgan fingerprint density at radius 1 is 1.23 bits per heavy atom. The molecule has 3 aliphatic rings. The molecule has 2 aromatic heterocycles. The van der Waals surface area contributed by atoms with Crippen molar-refractivity contribution < 1.29 is 9.21 Å². The van der Waals surface area contributed by atoms with E-state index in [1.807, 2.05) is 17.8 Å². The molecule has 1 amide bonds. The van der Waals surface area contributed by atoms with Gasteiger partial charge in [0.15, 0.2) is 5.88 Å². The van der Waals surface area contributed by atoms with Gasteiger partial charge in [-0.1, -0.05) is 0 Å². The van der Waals surface area contributed by atoms with E-state index < -0.39 is 0 Å². The fourth-order valence-electron chi connectivity index (χ4n) is 4.41. The Labute approximate surface area is 157 Å². The van der Waals surface area contributed by atoms with E-state index in [9.17, 15) is 4.79 Å². The Hall–Kier alpha value is -1.73. The van der Waals surface area contributed by atoms with Gasteiger partial charge in [0.1, 0.15) is 11.3 Å². The van der Waals surface area contributed by atoms with Gasteiger partial charge in [0.25, 0.3) is 5.91 Å². The quantitative estimate of drug-likeness (QED) is 0.891. The lowest BCUT2D eigenvalue weighted by atomic mass is 9.97. The molecular formula is C19H24N4O2S. The van der Waals surface area contributed by atoms with Crippen LogP contribution in [0, 0.1) is 5.92 Å². The lowest BCUT2D eigenvalue weighted by Crippen LogP contribution is -2.47. The molecule has 2 aromatic rings. The predicted octanol–water partition coefficient (Wildman–Crippen LogP) is 2.21. The van der Waals surface area contributed by atoms with Crippen molar-refractivity contribution in [2.24, 2.45) is 5.92 Å². The number of nitrogens with one attached hydrogen (secondary N) is 1. The standard InChI is InChI=1S/C19H24N4O2S/c24-19(21-15-7-13-1-2-22(11-13)12-15)16-9-17-14(10-20-16)8-18(25-17)23-3-5-26-6-4-23/h8-10,13,15H,1-7,11-12H2,(H,21,24)/t13-,15-/m1/s1. The number of amides is 1. The molecule has 7 heteroatoms. The van der Waals surface area contributed by atoms with Crippen molar-refractivity contribution in [1.82, 2.24) is 15.2 Å². The third-order valence-corrected chi connectivity index (χ3v) is 6.69. The fourth-order valence-corrected chi connectivity index (χ4v) is 5.31. The van der Waals surface area contributed by atoms with Gasteiger partial charge in [-0.05, 0) is 25.3 Å². The fraction of sp³-hybridized carbons (Fsp3) is 0.579. The van der Waals surface area contributed by atoms with E-state index in [1.54, 1.807) is 12.3 Å². The second kappa shape index (κ2) is 6.78. The Morgan fingerprint density at radius 3 is 2.96 bits per heavy atom. The van der Waals surface area contributed by atoms with Crippen LogP contribution in [0.4, 0.5) is 5.88 Å². The smallest absolute Gasteiger partial charge is 0.270 e. The van der Waals surface area contributed by atoms with Crippen LogP contribution in [-0.4, -0.2) is 66.1 Å². The van der Waals surface area contributed by atoms with Gasteiger partial charge in [0, 0.05) is 67.4 Å². The van der Waals surface area contributed by atoms with Gasteiger partial charge in [-0.15, -0.1) is 0 Å². The van der Waals surface area contributed by atoms with Gasteiger partial charge in [0.05, 0.1) is 0 Å². The Bertz CT molecular complexity index is 805. The maximum absolute atomic E-state index is 12.7. The van der Waals surface area contributed by atoms with Crippen LogP contribution in [0.15, 0.2) is 22.7 Å². The lowest BCUT2D eigenvalue weighted by molar-refractivity contribution is 0.0904. The van der Waals surface area contributed by atoms with Crippen LogP contribution < -0.4 is 10.2 Å². The van der Waals surface area contributed by atoms with Crippen LogP contribution in [0.5, 0.6) is 0 Å². The number of furan rings is 1. The first-order valence-electron chi connectivity index (χ1n) is 9.50. The van der Waals surface area contributed by atoms with Crippen molar-refractivity contribution in [2.45, 2.75) is 18.9 Å². The zero-order valence-electron chi connectivity index (χ0n) is 14.8. The molecule has 2 bridgehead atoms. The summed E-state index contributed by atoms with van der Waals surface area (Å²) >= 11 is 1.98. The number of pyridine rings is 1. The van der Waals surface area contributed by atoms with Crippen LogP contribution in [0.2, 0.25) is 0 Å². The molecule has 0 radical (unpaired) electrons. The van der Waals surface area contributed by atoms with E-state index in [-0.39, 0.29) is 11.9 Å². The summed E-state index contributed by atoms with van der Waals surface area (Å²) < 4.78 is 6.02. The number of thioether (sulfide) groups is 1. The molecule has 5 heterocycles. The first kappa shape index (κ1) is 16.4. The molecule has 1 unspecified atom stereocenters. The van der Waals surface area contributed by atoms with Gasteiger partial charge in [-0.2, -0.15) is 11.8 Å². The van der Waals surface area contributed by atoms with Crippen molar-refractivity contribution in [2.75, 3.05) is 49.1 Å². The van der Waals surface area contributed by atoms with Crippen LogP contribution in [-0.2, 0) is 0 Å². The number of hydrogen-bond donors (Lipinski definition) is 1. The highest BCUT2D eigenvalue weighted by Gasteiger charge is 2.33. The Balaban J connectivity index is 1.31. The first-order valence-corrected chi connectivity index (χ1v) is 10.7. The van der Waals surface area contributed by atoms with Crippen molar-refractivity contribution >= 4 is 34.5 Å². The molecule has 6 nitrogen and oxygen atoms in total. The third-order valence-electron chi connectivity index (χ3n) is 5.75. The second-order valence-corrected chi connectivity index (χ2v) is 8.84. The van der Waals surface area contributed by atoms with E-state index >= 15 is 0 Å². The second-order valence-electron chi connectivity index (χ2n) is 7.61. The number of nitrogens with zero attached hydrogens (tertiary/aromatic N) is 3. The number of carbonyl (C=O) groups is 1. The summed E-state index contributed by atoms with van der Waals surface area (Å²) in [5, 5.41) is 4.13. The number of rotatable bonds is 3. The molecule has 1 N–H and O–H groups in total. The number of carbonyl (C=O) groups excluding carboxylic acids is 1. The van der Waals surface area contributed by atoms with E-state index in [2.05, 4.69) is 20.1 Å². The van der Waals surface area contributed by atoms with E-state index in [0.29, 0.717) is 5.69 Å². The summed E-state index contributed by atoms with van der Waals surface area (Å²) in [6, 6.07) is 4.05. The molecule has 0 spiro atoms. The maximum atomic E-state index is 12.7. The summed E-state index contributed by atoms with van der Waals surface area (Å²) in [6.45, 7) is 5.34. The van der Waals surface area contributed by atoms with E-state index in [4.69, 9.17) is 4.42 Å². The van der Waals surface area contributed by atoms with Crippen molar-refractivity contribution in [3.8, 4) is 0 Å². The molecule has 138 valence electrons. The molecule has 5 rings (SSSR count). The molecule has 26 heavy (non-hydrogen) atoms. The molecule has 0 aliphatic carbocycles. The van der Waals surface area contributed by atoms with Crippen LogP contribution in [0.25, 0.3) is 11.0 Å². The summed E-state index contributed by atoms with van der Waals surface area (Å²) in [6.07, 6.45) is 4.10. The number of anilines is 1. The highest BCUT2D eigenvalue weighted by atomic mass is 32.2. The zero-order chi connectivity index (χ0) is 17.5. The summed E-state index contributed by atoms with van der Waals surface area (Å²) in [7, 11) is 0. The molecule has 3 fully saturated rings. The molecule has 3 saturated heterocycles. The van der Waals surface area contributed by atoms with Crippen LogP contribution in [0.3, 0.4) is 0 Å². The van der Waals surface area contributed by atoms with Gasteiger partial charge < -0.3 is 19.5 Å². The predicted molar refractivity (Wildman–Crippen MR) is 104 cm³/mol. The molecule has 0 aromatic carbocycles. The molecular weight excluding hydrogens is 348 g/mol. The van der Waals surface area contributed by atoms with Crippen LogP contribution >= 0.6 is 11.8 Å². The zero-order valence-corrected chi connectivity index (χ0v) is 15.6. The Kier molecular flexibility index (Phi) is 4.29. The average Bonchev–Trinajstić information content (AvgIpc) is 3.24. The van der Waals surface area contributed by atoms with Crippen molar-refractivity contribution in [1.29, 1.82) is 0 Å². The van der Waals surface area contributed by atoms with Gasteiger partial charge in [-0.25, -0.2) is 0 Å². The van der Waals surface area contributed by atoms with Gasteiger partial charge >= 0.3 is 0 Å². The molecule has 3 aliphatic heterocycles. The summed E-state index contributed by atoms with van der Waals surface area (Å²) in [5.41, 5.74) is 1.19.